The predicted octanol–water partition coefficient (Wildman–Crippen LogP) is 13.9. The van der Waals surface area contributed by atoms with Gasteiger partial charge in [-0.3, -0.25) is 4.57 Å². The van der Waals surface area contributed by atoms with E-state index >= 15 is 0 Å². The van der Waals surface area contributed by atoms with Gasteiger partial charge in [-0.05, 0) is 66.7 Å². The van der Waals surface area contributed by atoms with Gasteiger partial charge in [-0.15, -0.1) is 10.2 Å². The minimum atomic E-state index is 0.780. The third kappa shape index (κ3) is 4.98. The molecule has 6 nitrogen and oxygen atoms in total. The Hall–Kier alpha value is -8.48. The van der Waals surface area contributed by atoms with Gasteiger partial charge in [0.15, 0.2) is 11.6 Å². The molecule has 13 rings (SSSR count). The Balaban J connectivity index is 1.09. The van der Waals surface area contributed by atoms with Crippen LogP contribution >= 0.6 is 0 Å². The van der Waals surface area contributed by atoms with Gasteiger partial charge in [0.1, 0.15) is 0 Å². The van der Waals surface area contributed by atoms with Crippen molar-refractivity contribution in [1.29, 1.82) is 0 Å². The van der Waals surface area contributed by atoms with Crippen LogP contribution in [0.15, 0.2) is 218 Å². The molecule has 0 saturated heterocycles. The van der Waals surface area contributed by atoms with Gasteiger partial charge in [0, 0.05) is 54.8 Å². The van der Waals surface area contributed by atoms with Crippen molar-refractivity contribution < 1.29 is 0 Å². The molecule has 6 heteroatoms. The largest absolute Gasteiger partial charge is 0.309 e. The first-order valence-corrected chi connectivity index (χ1v) is 21.0. The minimum absolute atomic E-state index is 0.780. The molecular formula is C56H36N6. The SMILES string of the molecule is c1ccc(-c2nnc(-c3ccc4c5ccccc5n(-c5ccccc5-n5c6ccccc6c6c5ccc5c7ccccc7n(-c7ccccc7)c56)c4c3)n2-c2ccccc2)cc1. The van der Waals surface area contributed by atoms with Crippen molar-refractivity contribution in [2.45, 2.75) is 0 Å². The summed E-state index contributed by atoms with van der Waals surface area (Å²) in [6, 6.07) is 78.0. The van der Waals surface area contributed by atoms with Crippen molar-refractivity contribution >= 4 is 65.4 Å². The highest BCUT2D eigenvalue weighted by Crippen LogP contribution is 2.44. The van der Waals surface area contributed by atoms with Crippen LogP contribution in [-0.4, -0.2) is 28.5 Å². The van der Waals surface area contributed by atoms with E-state index in [0.29, 0.717) is 0 Å². The van der Waals surface area contributed by atoms with E-state index < -0.39 is 0 Å². The number of hydrogen-bond donors (Lipinski definition) is 0. The lowest BCUT2D eigenvalue weighted by molar-refractivity contribution is 1.07. The normalized spacial score (nSPS) is 11.9. The number of para-hydroxylation sites is 7. The zero-order valence-corrected chi connectivity index (χ0v) is 33.5. The van der Waals surface area contributed by atoms with E-state index in [1.807, 2.05) is 24.3 Å². The van der Waals surface area contributed by atoms with E-state index in [-0.39, 0.29) is 0 Å². The summed E-state index contributed by atoms with van der Waals surface area (Å²) in [7, 11) is 0. The van der Waals surface area contributed by atoms with E-state index in [2.05, 4.69) is 212 Å². The number of nitrogens with zero attached hydrogens (tertiary/aromatic N) is 6. The van der Waals surface area contributed by atoms with Crippen molar-refractivity contribution in [3.05, 3.63) is 218 Å². The Morgan fingerprint density at radius 3 is 1.39 bits per heavy atom. The molecule has 4 heterocycles. The summed E-state index contributed by atoms with van der Waals surface area (Å²) in [5, 5.41) is 17.0. The molecule has 0 aliphatic rings. The van der Waals surface area contributed by atoms with Crippen LogP contribution in [0.4, 0.5) is 0 Å². The number of aromatic nitrogens is 6. The van der Waals surface area contributed by atoms with Crippen molar-refractivity contribution in [2.24, 2.45) is 0 Å². The monoisotopic (exact) mass is 792 g/mol. The first-order valence-electron chi connectivity index (χ1n) is 21.0. The van der Waals surface area contributed by atoms with Crippen LogP contribution in [0.25, 0.3) is 111 Å². The van der Waals surface area contributed by atoms with Crippen LogP contribution in [0.3, 0.4) is 0 Å². The highest BCUT2D eigenvalue weighted by atomic mass is 15.3. The maximum absolute atomic E-state index is 4.90. The fourth-order valence-electron chi connectivity index (χ4n) is 9.89. The second kappa shape index (κ2) is 13.5. The Bertz CT molecular complexity index is 3850. The maximum atomic E-state index is 4.90. The summed E-state index contributed by atoms with van der Waals surface area (Å²) < 4.78 is 9.52. The number of rotatable bonds is 6. The fraction of sp³-hybridized carbons (Fsp3) is 0. The zero-order valence-electron chi connectivity index (χ0n) is 33.5. The van der Waals surface area contributed by atoms with Crippen molar-refractivity contribution in [3.63, 3.8) is 0 Å². The molecule has 0 aliphatic carbocycles. The standard InChI is InChI=1S/C56H36N6/c1-4-18-37(19-5-1)55-57-58-56(60(55)40-22-8-3-9-23-40)38-32-33-43-41-24-10-14-28-47(41)62(52(43)36-38)50-31-17-16-30-49(50)61-48-29-15-12-26-45(48)53-51(61)35-34-44-42-25-11-13-27-46(42)59(54(44)53)39-20-6-2-7-21-39/h1-36H. The van der Waals surface area contributed by atoms with E-state index in [9.17, 15) is 0 Å². The molecule has 13 aromatic rings. The first-order chi connectivity index (χ1) is 30.8. The zero-order chi connectivity index (χ0) is 40.7. The fourth-order valence-corrected chi connectivity index (χ4v) is 9.89. The minimum Gasteiger partial charge on any atom is -0.309 e. The summed E-state index contributed by atoms with van der Waals surface area (Å²) in [5.74, 6) is 1.58. The number of hydrogen-bond acceptors (Lipinski definition) is 2. The average molecular weight is 793 g/mol. The van der Waals surface area contributed by atoms with Crippen LogP contribution in [0.5, 0.6) is 0 Å². The highest BCUT2D eigenvalue weighted by Gasteiger charge is 2.24. The summed E-state index contributed by atoms with van der Waals surface area (Å²) in [4.78, 5) is 0. The average Bonchev–Trinajstić information content (AvgIpc) is 4.11. The molecule has 290 valence electrons. The molecule has 0 radical (unpaired) electrons. The molecule has 0 fully saturated rings. The summed E-state index contributed by atoms with van der Waals surface area (Å²) in [6.45, 7) is 0. The third-order valence-corrected chi connectivity index (χ3v) is 12.5. The van der Waals surface area contributed by atoms with Gasteiger partial charge in [0.25, 0.3) is 0 Å². The topological polar surface area (TPSA) is 45.5 Å². The molecule has 4 aromatic heterocycles. The lowest BCUT2D eigenvalue weighted by atomic mass is 10.1. The van der Waals surface area contributed by atoms with Gasteiger partial charge in [-0.2, -0.15) is 0 Å². The lowest BCUT2D eigenvalue weighted by Gasteiger charge is -2.17. The van der Waals surface area contributed by atoms with Gasteiger partial charge >= 0.3 is 0 Å². The summed E-state index contributed by atoms with van der Waals surface area (Å²) >= 11 is 0. The Labute approximate surface area is 356 Å². The van der Waals surface area contributed by atoms with Crippen molar-refractivity contribution in [2.75, 3.05) is 0 Å². The lowest BCUT2D eigenvalue weighted by Crippen LogP contribution is -2.03. The Morgan fingerprint density at radius 1 is 0.274 bits per heavy atom. The Morgan fingerprint density at radius 2 is 0.726 bits per heavy atom. The van der Waals surface area contributed by atoms with Crippen molar-refractivity contribution in [3.8, 4) is 45.5 Å². The molecule has 0 atom stereocenters. The number of benzene rings is 9. The van der Waals surface area contributed by atoms with Gasteiger partial charge in [-0.1, -0.05) is 152 Å². The van der Waals surface area contributed by atoms with Crippen LogP contribution in [0.2, 0.25) is 0 Å². The molecule has 0 spiro atoms. The van der Waals surface area contributed by atoms with Gasteiger partial charge < -0.3 is 13.7 Å². The second-order valence-corrected chi connectivity index (χ2v) is 15.9. The second-order valence-electron chi connectivity index (χ2n) is 15.9. The van der Waals surface area contributed by atoms with Crippen LogP contribution in [-0.2, 0) is 0 Å². The van der Waals surface area contributed by atoms with Crippen LogP contribution < -0.4 is 0 Å². The molecule has 0 aliphatic heterocycles. The van der Waals surface area contributed by atoms with Gasteiger partial charge in [0.2, 0.25) is 0 Å². The van der Waals surface area contributed by atoms with Crippen LogP contribution in [0, 0.1) is 0 Å². The van der Waals surface area contributed by atoms with E-state index in [0.717, 1.165) is 67.6 Å². The maximum Gasteiger partial charge on any atom is 0.168 e. The quantitative estimate of drug-likeness (QED) is 0.168. The first kappa shape index (κ1) is 34.4. The molecule has 9 aromatic carbocycles. The number of fused-ring (bicyclic) bond motifs is 10. The van der Waals surface area contributed by atoms with E-state index in [1.54, 1.807) is 0 Å². The molecule has 0 amide bonds. The molecule has 0 bridgehead atoms. The van der Waals surface area contributed by atoms with E-state index in [1.165, 1.54) is 43.4 Å². The smallest absolute Gasteiger partial charge is 0.168 e. The molecule has 0 N–H and O–H groups in total. The van der Waals surface area contributed by atoms with Gasteiger partial charge in [-0.25, -0.2) is 0 Å². The Kier molecular flexibility index (Phi) is 7.50. The molecule has 0 saturated carbocycles. The molecule has 62 heavy (non-hydrogen) atoms. The molecular weight excluding hydrogens is 757 g/mol. The van der Waals surface area contributed by atoms with E-state index in [4.69, 9.17) is 10.2 Å². The summed E-state index contributed by atoms with van der Waals surface area (Å²) in [5.41, 5.74) is 13.2. The third-order valence-electron chi connectivity index (χ3n) is 12.5. The molecule has 0 unspecified atom stereocenters. The summed E-state index contributed by atoms with van der Waals surface area (Å²) in [6.07, 6.45) is 0. The van der Waals surface area contributed by atoms with Crippen LogP contribution in [0.1, 0.15) is 0 Å². The predicted molar refractivity (Wildman–Crippen MR) is 255 cm³/mol. The van der Waals surface area contributed by atoms with Crippen molar-refractivity contribution in [1.82, 2.24) is 28.5 Å². The highest BCUT2D eigenvalue weighted by molar-refractivity contribution is 6.26. The van der Waals surface area contributed by atoms with Gasteiger partial charge in [0.05, 0.1) is 44.5 Å².